The van der Waals surface area contributed by atoms with Crippen LogP contribution in [0.4, 0.5) is 23.2 Å². The molecular weight excluding hydrogens is 506 g/mol. The zero-order chi connectivity index (χ0) is 25.2. The number of carbonyl (C=O) groups excluding carboxylic acids is 1. The first-order valence-electron chi connectivity index (χ1n) is 10.5. The highest BCUT2D eigenvalue weighted by atomic mass is 35.5. The van der Waals surface area contributed by atoms with Gasteiger partial charge in [0.1, 0.15) is 5.82 Å². The fourth-order valence-electron chi connectivity index (χ4n) is 3.82. The number of aliphatic hydroxyl groups is 1. The lowest BCUT2D eigenvalue weighted by molar-refractivity contribution is -0.144. The Morgan fingerprint density at radius 1 is 1.14 bits per heavy atom. The van der Waals surface area contributed by atoms with Gasteiger partial charge < -0.3 is 15.3 Å². The van der Waals surface area contributed by atoms with Crippen molar-refractivity contribution >= 4 is 45.9 Å². The number of hydrogen-bond donors (Lipinski definition) is 2. The van der Waals surface area contributed by atoms with Crippen molar-refractivity contribution in [3.05, 3.63) is 77.2 Å². The lowest BCUT2D eigenvalue weighted by Crippen LogP contribution is -2.50. The molecule has 0 spiro atoms. The van der Waals surface area contributed by atoms with E-state index >= 15 is 0 Å². The van der Waals surface area contributed by atoms with Gasteiger partial charge in [0.2, 0.25) is 0 Å². The molecule has 1 unspecified atom stereocenters. The molecule has 0 bridgehead atoms. The minimum Gasteiger partial charge on any atom is -0.383 e. The lowest BCUT2D eigenvalue weighted by atomic mass is 10.1. The molecule has 1 atom stereocenters. The predicted molar refractivity (Wildman–Crippen MR) is 128 cm³/mol. The van der Waals surface area contributed by atoms with Gasteiger partial charge in [-0.05, 0) is 54.6 Å². The third-order valence-electron chi connectivity index (χ3n) is 5.40. The fourth-order valence-corrected chi connectivity index (χ4v) is 4.94. The summed E-state index contributed by atoms with van der Waals surface area (Å²) < 4.78 is 52.3. The van der Waals surface area contributed by atoms with E-state index in [4.69, 9.17) is 11.6 Å². The van der Waals surface area contributed by atoms with Crippen LogP contribution in [0.1, 0.15) is 6.42 Å². The number of amides is 1. The number of benzene rings is 2. The summed E-state index contributed by atoms with van der Waals surface area (Å²) in [7, 11) is 0. The molecule has 0 radical (unpaired) electrons. The Balaban J connectivity index is 1.50. The molecule has 3 aromatic rings. The van der Waals surface area contributed by atoms with Crippen LogP contribution in [0.2, 0.25) is 5.02 Å². The number of fused-ring (bicyclic) bond motifs is 1. The van der Waals surface area contributed by atoms with Crippen LogP contribution in [0, 0.1) is 5.82 Å². The summed E-state index contributed by atoms with van der Waals surface area (Å²) in [6, 6.07) is 12.4. The van der Waals surface area contributed by atoms with Gasteiger partial charge in [-0.25, -0.2) is 4.39 Å². The van der Waals surface area contributed by atoms with Gasteiger partial charge in [0.25, 0.3) is 5.91 Å². The van der Waals surface area contributed by atoms with Crippen molar-refractivity contribution in [3.8, 4) is 0 Å². The third kappa shape index (κ3) is 6.06. The maximum absolute atomic E-state index is 13.2. The summed E-state index contributed by atoms with van der Waals surface area (Å²) in [5.74, 6) is -1.43. The largest absolute Gasteiger partial charge is 0.393 e. The highest BCUT2D eigenvalue weighted by Crippen LogP contribution is 2.36. The number of nitrogens with zero attached hydrogens (tertiary/aromatic N) is 2. The smallest absolute Gasteiger partial charge is 0.383 e. The average molecular weight is 526 g/mol. The van der Waals surface area contributed by atoms with Gasteiger partial charge >= 0.3 is 6.18 Å². The Morgan fingerprint density at radius 2 is 1.89 bits per heavy atom. The SMILES string of the molecule is O=C1C(CC(F)(F)F)=CC(O)(CSc2ccc(F)cc2)N1CCNc1ccnc2cc(Cl)ccc12. The van der Waals surface area contributed by atoms with E-state index in [1.807, 2.05) is 0 Å². The number of nitrogens with one attached hydrogen (secondary N) is 1. The van der Waals surface area contributed by atoms with Gasteiger partial charge in [0.05, 0.1) is 17.7 Å². The number of rotatable bonds is 8. The molecule has 2 N–H and O–H groups in total. The van der Waals surface area contributed by atoms with Crippen LogP contribution in [0.15, 0.2) is 71.3 Å². The Hall–Kier alpha value is -2.82. The van der Waals surface area contributed by atoms with Gasteiger partial charge in [-0.3, -0.25) is 9.78 Å². The molecule has 2 aromatic carbocycles. The first kappa shape index (κ1) is 25.3. The quantitative estimate of drug-likeness (QED) is 0.294. The van der Waals surface area contributed by atoms with E-state index in [9.17, 15) is 27.5 Å². The molecule has 184 valence electrons. The van der Waals surface area contributed by atoms with Crippen molar-refractivity contribution in [3.63, 3.8) is 0 Å². The summed E-state index contributed by atoms with van der Waals surface area (Å²) in [5, 5.41) is 15.7. The lowest BCUT2D eigenvalue weighted by Gasteiger charge is -2.33. The second-order valence-electron chi connectivity index (χ2n) is 7.99. The van der Waals surface area contributed by atoms with E-state index in [0.29, 0.717) is 21.1 Å². The predicted octanol–water partition coefficient (Wildman–Crippen LogP) is 5.64. The zero-order valence-electron chi connectivity index (χ0n) is 18.1. The molecule has 4 rings (SSSR count). The van der Waals surface area contributed by atoms with Crippen LogP contribution in [0.5, 0.6) is 0 Å². The fraction of sp³-hybridized carbons (Fsp3) is 0.250. The topological polar surface area (TPSA) is 65.5 Å². The van der Waals surface area contributed by atoms with Crippen LogP contribution in [-0.2, 0) is 4.79 Å². The van der Waals surface area contributed by atoms with Crippen LogP contribution >= 0.6 is 23.4 Å². The molecule has 35 heavy (non-hydrogen) atoms. The standard InChI is InChI=1S/C24H20ClF4N3O2S/c25-16-1-6-19-20(7-8-30-21(19)11-16)31-9-10-32-22(33)15(13-24(27,28)29)12-23(32,34)14-35-18-4-2-17(26)3-5-18/h1-8,11-12,34H,9-10,13-14H2,(H,30,31). The van der Waals surface area contributed by atoms with Gasteiger partial charge in [-0.1, -0.05) is 11.6 Å². The van der Waals surface area contributed by atoms with Crippen molar-refractivity contribution in [1.29, 1.82) is 0 Å². The molecule has 1 amide bonds. The van der Waals surface area contributed by atoms with Crippen LogP contribution in [0.25, 0.3) is 10.9 Å². The summed E-state index contributed by atoms with van der Waals surface area (Å²) >= 11 is 7.12. The molecule has 0 saturated carbocycles. The third-order valence-corrected chi connectivity index (χ3v) is 6.81. The summed E-state index contributed by atoms with van der Waals surface area (Å²) in [5.41, 5.74) is -1.09. The van der Waals surface area contributed by atoms with Crippen molar-refractivity contribution in [2.24, 2.45) is 0 Å². The van der Waals surface area contributed by atoms with Crippen molar-refractivity contribution in [2.75, 3.05) is 24.2 Å². The minimum atomic E-state index is -4.60. The molecule has 1 aromatic heterocycles. The summed E-state index contributed by atoms with van der Waals surface area (Å²) in [6.45, 7) is 0.0959. The van der Waals surface area contributed by atoms with Gasteiger partial charge in [0.15, 0.2) is 5.72 Å². The first-order chi connectivity index (χ1) is 16.5. The normalized spacial score (nSPS) is 18.3. The second kappa shape index (κ2) is 10.0. The van der Waals surface area contributed by atoms with E-state index in [1.165, 1.54) is 24.3 Å². The molecule has 2 heterocycles. The van der Waals surface area contributed by atoms with Crippen molar-refractivity contribution in [2.45, 2.75) is 23.2 Å². The molecule has 0 aliphatic carbocycles. The van der Waals surface area contributed by atoms with Crippen molar-refractivity contribution in [1.82, 2.24) is 9.88 Å². The Morgan fingerprint density at radius 3 is 2.60 bits per heavy atom. The number of pyridine rings is 1. The maximum Gasteiger partial charge on any atom is 0.393 e. The monoisotopic (exact) mass is 525 g/mol. The number of hydrogen-bond acceptors (Lipinski definition) is 5. The van der Waals surface area contributed by atoms with E-state index in [1.54, 1.807) is 30.5 Å². The van der Waals surface area contributed by atoms with E-state index in [2.05, 4.69) is 10.3 Å². The molecular formula is C24H20ClF4N3O2S. The van der Waals surface area contributed by atoms with Crippen LogP contribution in [-0.4, -0.2) is 51.6 Å². The molecule has 11 heteroatoms. The van der Waals surface area contributed by atoms with E-state index in [-0.39, 0.29) is 18.8 Å². The van der Waals surface area contributed by atoms with Crippen LogP contribution < -0.4 is 5.32 Å². The molecule has 5 nitrogen and oxygen atoms in total. The first-order valence-corrected chi connectivity index (χ1v) is 11.9. The zero-order valence-corrected chi connectivity index (χ0v) is 19.7. The van der Waals surface area contributed by atoms with Gasteiger partial charge in [-0.2, -0.15) is 13.2 Å². The summed E-state index contributed by atoms with van der Waals surface area (Å²) in [4.78, 5) is 18.7. The molecule has 0 saturated heterocycles. The van der Waals surface area contributed by atoms with Crippen molar-refractivity contribution < 1.29 is 27.5 Å². The average Bonchev–Trinajstić information content (AvgIpc) is 3.01. The number of aromatic nitrogens is 1. The Kier molecular flexibility index (Phi) is 7.25. The molecule has 1 aliphatic rings. The summed E-state index contributed by atoms with van der Waals surface area (Å²) in [6.07, 6.45) is -3.48. The number of alkyl halides is 3. The molecule has 1 aliphatic heterocycles. The highest BCUT2D eigenvalue weighted by Gasteiger charge is 2.46. The number of anilines is 1. The van der Waals surface area contributed by atoms with E-state index < -0.39 is 35.6 Å². The number of halogens is 5. The maximum atomic E-state index is 13.2. The Labute approximate surface area is 207 Å². The second-order valence-corrected chi connectivity index (χ2v) is 9.47. The minimum absolute atomic E-state index is 0.0609. The number of carbonyl (C=O) groups is 1. The van der Waals surface area contributed by atoms with E-state index in [0.717, 1.165) is 28.1 Å². The highest BCUT2D eigenvalue weighted by molar-refractivity contribution is 7.99. The van der Waals surface area contributed by atoms with Gasteiger partial charge in [-0.15, -0.1) is 11.8 Å². The molecule has 0 fully saturated rings. The van der Waals surface area contributed by atoms with Gasteiger partial charge in [0, 0.05) is 45.9 Å². The number of thioether (sulfide) groups is 1. The Bertz CT molecular complexity index is 1270. The van der Waals surface area contributed by atoms with Crippen LogP contribution in [0.3, 0.4) is 0 Å².